The van der Waals surface area contributed by atoms with Gasteiger partial charge in [-0.3, -0.25) is 0 Å². The fraction of sp³-hybridized carbons (Fsp3) is 0.182. The molecule has 0 spiro atoms. The molecular weight excluding hydrogens is 189 g/mol. The molecule has 1 aliphatic carbocycles. The first-order chi connectivity index (χ1) is 7.20. The first kappa shape index (κ1) is 9.97. The van der Waals surface area contributed by atoms with Crippen LogP contribution >= 0.6 is 0 Å². The van der Waals surface area contributed by atoms with Crippen LogP contribution in [0.3, 0.4) is 0 Å². The lowest BCUT2D eigenvalue weighted by Gasteiger charge is -2.15. The maximum Gasteiger partial charge on any atom is 0.484 e. The Hall–Kier alpha value is -1.57. The minimum atomic E-state index is -1.37. The van der Waals surface area contributed by atoms with E-state index in [0.29, 0.717) is 17.5 Å². The second-order valence-electron chi connectivity index (χ2n) is 3.62. The number of hydrogen-bond donors (Lipinski definition) is 2. The van der Waals surface area contributed by atoms with Gasteiger partial charge in [0.15, 0.2) is 0 Å². The lowest BCUT2D eigenvalue weighted by molar-refractivity contribution is 0.417. The van der Waals surface area contributed by atoms with Gasteiger partial charge in [0, 0.05) is 0 Å². The van der Waals surface area contributed by atoms with Gasteiger partial charge >= 0.3 is 7.12 Å². The van der Waals surface area contributed by atoms with Crippen LogP contribution in [0.15, 0.2) is 23.7 Å². The van der Waals surface area contributed by atoms with Crippen molar-refractivity contribution >= 4 is 13.2 Å². The van der Waals surface area contributed by atoms with Crippen LogP contribution in [-0.4, -0.2) is 17.2 Å². The normalized spacial score (nSPS) is 13.8. The van der Waals surface area contributed by atoms with Crippen LogP contribution in [0.2, 0.25) is 0 Å². The van der Waals surface area contributed by atoms with Crippen LogP contribution < -0.4 is 0 Å². The maximum absolute atomic E-state index is 9.04. The molecule has 0 bridgehead atoms. The Morgan fingerprint density at radius 2 is 2.07 bits per heavy atom. The number of hydrogen-bond acceptors (Lipinski definition) is 3. The highest BCUT2D eigenvalue weighted by Crippen LogP contribution is 2.25. The van der Waals surface area contributed by atoms with Crippen molar-refractivity contribution in [3.8, 4) is 6.07 Å². The average Bonchev–Trinajstić information content (AvgIpc) is 2.27. The number of allylic oxidation sites excluding steroid dienone is 1. The van der Waals surface area contributed by atoms with E-state index in [2.05, 4.69) is 6.07 Å². The Bertz CT molecular complexity index is 460. The van der Waals surface area contributed by atoms with E-state index in [0.717, 1.165) is 17.5 Å². The number of nitriles is 1. The van der Waals surface area contributed by atoms with E-state index < -0.39 is 7.12 Å². The maximum atomic E-state index is 9.04. The van der Waals surface area contributed by atoms with E-state index in [1.165, 1.54) is 0 Å². The van der Waals surface area contributed by atoms with E-state index in [9.17, 15) is 0 Å². The van der Waals surface area contributed by atoms with Crippen LogP contribution in [-0.2, 0) is 6.42 Å². The molecule has 0 aliphatic heterocycles. The molecule has 0 unspecified atom stereocenters. The molecule has 2 rings (SSSR count). The van der Waals surface area contributed by atoms with Gasteiger partial charge in [0.1, 0.15) is 0 Å². The standard InChI is InChI=1S/C11H10BNO2/c13-7-8-1-2-10-6-11(12(14)15)4-3-9(10)5-8/h1-2,5-6,14-15H,3-4H2. The zero-order valence-electron chi connectivity index (χ0n) is 8.14. The van der Waals surface area contributed by atoms with Gasteiger partial charge in [-0.2, -0.15) is 5.26 Å². The minimum absolute atomic E-state index is 0.632. The van der Waals surface area contributed by atoms with Crippen LogP contribution in [0.25, 0.3) is 6.08 Å². The summed E-state index contributed by atoms with van der Waals surface area (Å²) in [4.78, 5) is 0. The fourth-order valence-corrected chi connectivity index (χ4v) is 1.79. The van der Waals surface area contributed by atoms with Gasteiger partial charge in [-0.15, -0.1) is 0 Å². The number of nitrogens with zero attached hydrogens (tertiary/aromatic N) is 1. The van der Waals surface area contributed by atoms with Gasteiger partial charge in [-0.1, -0.05) is 12.1 Å². The molecule has 0 saturated carbocycles. The van der Waals surface area contributed by atoms with Crippen molar-refractivity contribution in [3.05, 3.63) is 40.4 Å². The summed E-state index contributed by atoms with van der Waals surface area (Å²) < 4.78 is 0. The molecular formula is C11H10BNO2. The molecule has 0 fully saturated rings. The summed E-state index contributed by atoms with van der Waals surface area (Å²) in [6, 6.07) is 7.53. The Morgan fingerprint density at radius 3 is 2.73 bits per heavy atom. The zero-order chi connectivity index (χ0) is 10.8. The molecule has 0 heterocycles. The topological polar surface area (TPSA) is 64.2 Å². The highest BCUT2D eigenvalue weighted by atomic mass is 16.4. The smallest absolute Gasteiger partial charge is 0.423 e. The third-order valence-corrected chi connectivity index (χ3v) is 2.63. The molecule has 4 heteroatoms. The van der Waals surface area contributed by atoms with E-state index in [-0.39, 0.29) is 0 Å². The second kappa shape index (κ2) is 3.89. The van der Waals surface area contributed by atoms with Gasteiger partial charge in [0.25, 0.3) is 0 Å². The van der Waals surface area contributed by atoms with Gasteiger partial charge in [-0.25, -0.2) is 0 Å². The SMILES string of the molecule is N#Cc1ccc2c(c1)CCC(B(O)O)=C2. The summed E-state index contributed by atoms with van der Waals surface area (Å²) in [5.74, 6) is 0. The monoisotopic (exact) mass is 199 g/mol. The number of aryl methyl sites for hydroxylation is 1. The quantitative estimate of drug-likeness (QED) is 0.660. The van der Waals surface area contributed by atoms with Crippen molar-refractivity contribution in [2.45, 2.75) is 12.8 Å². The highest BCUT2D eigenvalue weighted by Gasteiger charge is 2.19. The summed E-state index contributed by atoms with van der Waals surface area (Å²) >= 11 is 0. The lowest BCUT2D eigenvalue weighted by atomic mass is 9.72. The highest BCUT2D eigenvalue weighted by molar-refractivity contribution is 6.52. The van der Waals surface area contributed by atoms with Crippen molar-refractivity contribution in [2.24, 2.45) is 0 Å². The van der Waals surface area contributed by atoms with Gasteiger partial charge < -0.3 is 10.0 Å². The van der Waals surface area contributed by atoms with E-state index >= 15 is 0 Å². The molecule has 0 aromatic heterocycles. The molecule has 0 radical (unpaired) electrons. The van der Waals surface area contributed by atoms with Crippen molar-refractivity contribution < 1.29 is 10.0 Å². The lowest BCUT2D eigenvalue weighted by Crippen LogP contribution is -2.18. The molecule has 15 heavy (non-hydrogen) atoms. The Kier molecular flexibility index (Phi) is 2.59. The second-order valence-corrected chi connectivity index (χ2v) is 3.62. The van der Waals surface area contributed by atoms with E-state index in [1.54, 1.807) is 12.1 Å². The molecule has 3 nitrogen and oxygen atoms in total. The molecule has 1 aromatic rings. The van der Waals surface area contributed by atoms with Crippen molar-refractivity contribution in [2.75, 3.05) is 0 Å². The fourth-order valence-electron chi connectivity index (χ4n) is 1.79. The van der Waals surface area contributed by atoms with Crippen LogP contribution in [0, 0.1) is 11.3 Å². The zero-order valence-corrected chi connectivity index (χ0v) is 8.14. The largest absolute Gasteiger partial charge is 0.484 e. The first-order valence-corrected chi connectivity index (χ1v) is 4.80. The molecule has 1 aromatic carbocycles. The van der Waals surface area contributed by atoms with Crippen LogP contribution in [0.5, 0.6) is 0 Å². The first-order valence-electron chi connectivity index (χ1n) is 4.80. The number of rotatable bonds is 1. The number of benzene rings is 1. The van der Waals surface area contributed by atoms with Gasteiger partial charge in [-0.05, 0) is 41.6 Å². The minimum Gasteiger partial charge on any atom is -0.423 e. The van der Waals surface area contributed by atoms with E-state index in [1.807, 2.05) is 12.1 Å². The molecule has 1 aliphatic rings. The molecule has 2 N–H and O–H groups in total. The third-order valence-electron chi connectivity index (χ3n) is 2.63. The third kappa shape index (κ3) is 1.94. The van der Waals surface area contributed by atoms with E-state index in [4.69, 9.17) is 15.3 Å². The van der Waals surface area contributed by atoms with Crippen LogP contribution in [0.1, 0.15) is 23.1 Å². The van der Waals surface area contributed by atoms with Gasteiger partial charge in [0.2, 0.25) is 0 Å². The molecule has 0 atom stereocenters. The Labute approximate surface area is 88.4 Å². The van der Waals surface area contributed by atoms with Crippen LogP contribution in [0.4, 0.5) is 0 Å². The predicted molar refractivity (Wildman–Crippen MR) is 57.6 cm³/mol. The van der Waals surface area contributed by atoms with Crippen molar-refractivity contribution in [1.29, 1.82) is 5.26 Å². The Balaban J connectivity index is 2.41. The molecule has 0 saturated heterocycles. The molecule has 0 amide bonds. The Morgan fingerprint density at radius 1 is 1.27 bits per heavy atom. The van der Waals surface area contributed by atoms with Gasteiger partial charge in [0.05, 0.1) is 11.6 Å². The van der Waals surface area contributed by atoms with Crippen molar-refractivity contribution in [1.82, 2.24) is 0 Å². The van der Waals surface area contributed by atoms with Crippen molar-refractivity contribution in [3.63, 3.8) is 0 Å². The predicted octanol–water partition coefficient (Wildman–Crippen LogP) is 0.900. The summed E-state index contributed by atoms with van der Waals surface area (Å²) in [7, 11) is -1.37. The summed E-state index contributed by atoms with van der Waals surface area (Å²) in [5, 5.41) is 26.8. The summed E-state index contributed by atoms with van der Waals surface area (Å²) in [6.07, 6.45) is 3.18. The molecule has 74 valence electrons. The summed E-state index contributed by atoms with van der Waals surface area (Å²) in [5.41, 5.74) is 3.35. The number of fused-ring (bicyclic) bond motifs is 1. The summed E-state index contributed by atoms with van der Waals surface area (Å²) in [6.45, 7) is 0. The average molecular weight is 199 g/mol.